The van der Waals surface area contributed by atoms with Crippen LogP contribution in [0.2, 0.25) is 0 Å². The number of carbonyl (C=O) groups excluding carboxylic acids is 1. The molecule has 0 aromatic carbocycles. The molecular formula is C9H16O3S. The van der Waals surface area contributed by atoms with Crippen LogP contribution in [-0.4, -0.2) is 20.4 Å². The van der Waals surface area contributed by atoms with E-state index in [1.54, 1.807) is 13.8 Å². The predicted molar refractivity (Wildman–Crippen MR) is 51.6 cm³/mol. The van der Waals surface area contributed by atoms with E-state index in [9.17, 15) is 9.00 Å². The largest absolute Gasteiger partial charge is 0.444 e. The third-order valence-electron chi connectivity index (χ3n) is 2.69. The van der Waals surface area contributed by atoms with Gasteiger partial charge in [0, 0.05) is 5.41 Å². The molecule has 0 bridgehead atoms. The van der Waals surface area contributed by atoms with E-state index in [2.05, 4.69) is 0 Å². The molecule has 3 nitrogen and oxygen atoms in total. The topological polar surface area (TPSA) is 43.4 Å². The molecule has 1 heterocycles. The Morgan fingerprint density at radius 1 is 1.46 bits per heavy atom. The Labute approximate surface area is 81.3 Å². The number of hydrogen-bond acceptors (Lipinski definition) is 3. The molecule has 1 aliphatic rings. The fourth-order valence-corrected chi connectivity index (χ4v) is 2.86. The minimum absolute atomic E-state index is 0.293. The smallest absolute Gasteiger partial charge is 0.323 e. The minimum Gasteiger partial charge on any atom is -0.444 e. The average molecular weight is 204 g/mol. The Morgan fingerprint density at radius 3 is 2.08 bits per heavy atom. The zero-order valence-corrected chi connectivity index (χ0v) is 9.53. The van der Waals surface area contributed by atoms with Gasteiger partial charge >= 0.3 is 5.97 Å². The van der Waals surface area contributed by atoms with Gasteiger partial charge in [-0.25, -0.2) is 0 Å². The second kappa shape index (κ2) is 2.80. The molecule has 0 aromatic rings. The van der Waals surface area contributed by atoms with Crippen molar-refractivity contribution in [1.29, 1.82) is 0 Å². The molecule has 3 atom stereocenters. The molecule has 0 N–H and O–H groups in total. The third kappa shape index (κ3) is 1.41. The summed E-state index contributed by atoms with van der Waals surface area (Å²) in [6.45, 7) is 9.17. The molecule has 1 rings (SSSR count). The Balaban J connectivity index is 3.09. The second-order valence-electron chi connectivity index (χ2n) is 4.56. The molecule has 76 valence electrons. The molecule has 3 unspecified atom stereocenters. The van der Waals surface area contributed by atoms with E-state index in [-0.39, 0.29) is 11.4 Å². The summed E-state index contributed by atoms with van der Waals surface area (Å²) >= 11 is 0. The van der Waals surface area contributed by atoms with Gasteiger partial charge in [-0.2, -0.15) is 0 Å². The van der Waals surface area contributed by atoms with Crippen LogP contribution < -0.4 is 0 Å². The van der Waals surface area contributed by atoms with Crippen molar-refractivity contribution in [2.75, 3.05) is 0 Å². The van der Waals surface area contributed by atoms with Crippen LogP contribution in [0.15, 0.2) is 0 Å². The van der Waals surface area contributed by atoms with E-state index in [0.29, 0.717) is 0 Å². The molecule has 13 heavy (non-hydrogen) atoms. The van der Waals surface area contributed by atoms with Crippen LogP contribution >= 0.6 is 0 Å². The highest BCUT2D eigenvalue weighted by Crippen LogP contribution is 2.42. The van der Waals surface area contributed by atoms with Crippen molar-refractivity contribution in [1.82, 2.24) is 0 Å². The summed E-state index contributed by atoms with van der Waals surface area (Å²) in [5, 5.41) is -0.496. The molecule has 1 fully saturated rings. The van der Waals surface area contributed by atoms with E-state index in [0.717, 1.165) is 0 Å². The highest BCUT2D eigenvalue weighted by atomic mass is 32.2. The number of rotatable bonds is 0. The summed E-state index contributed by atoms with van der Waals surface area (Å²) in [5.41, 5.74) is -0.293. The van der Waals surface area contributed by atoms with Crippen LogP contribution in [-0.2, 0) is 20.3 Å². The van der Waals surface area contributed by atoms with Crippen molar-refractivity contribution in [3.8, 4) is 0 Å². The van der Waals surface area contributed by atoms with Gasteiger partial charge in [-0.1, -0.05) is 20.8 Å². The molecule has 1 aliphatic heterocycles. The fourth-order valence-electron chi connectivity index (χ4n) is 1.20. The molecule has 0 spiro atoms. The number of esters is 1. The number of cyclic esters (lactones) is 1. The van der Waals surface area contributed by atoms with Gasteiger partial charge in [0.15, 0.2) is 4.93 Å². The van der Waals surface area contributed by atoms with E-state index < -0.39 is 21.0 Å². The lowest BCUT2D eigenvalue weighted by Gasteiger charge is -2.35. The van der Waals surface area contributed by atoms with Crippen molar-refractivity contribution in [3.05, 3.63) is 0 Å². The maximum absolute atomic E-state index is 11.8. The maximum atomic E-state index is 11.8. The van der Waals surface area contributed by atoms with Gasteiger partial charge in [0.1, 0.15) is 5.25 Å². The molecule has 0 aromatic heterocycles. The van der Waals surface area contributed by atoms with Crippen LogP contribution in [0, 0.1) is 5.41 Å². The first-order valence-electron chi connectivity index (χ1n) is 4.33. The zero-order valence-electron chi connectivity index (χ0n) is 8.71. The molecular weight excluding hydrogens is 188 g/mol. The molecule has 1 saturated heterocycles. The average Bonchev–Trinajstić information content (AvgIpc) is 2.15. The first kappa shape index (κ1) is 10.7. The Hall–Kier alpha value is -0.380. The van der Waals surface area contributed by atoms with Gasteiger partial charge < -0.3 is 4.74 Å². The molecule has 0 saturated carbocycles. The van der Waals surface area contributed by atoms with E-state index in [1.165, 1.54) is 0 Å². The third-order valence-corrected chi connectivity index (χ3v) is 4.99. The lowest BCUT2D eigenvalue weighted by atomic mass is 9.89. The molecule has 0 amide bonds. The van der Waals surface area contributed by atoms with Crippen LogP contribution in [0.1, 0.15) is 34.6 Å². The summed E-state index contributed by atoms with van der Waals surface area (Å²) in [5.74, 6) is -0.351. The summed E-state index contributed by atoms with van der Waals surface area (Å²) in [6, 6.07) is 0. The van der Waals surface area contributed by atoms with Crippen molar-refractivity contribution in [2.45, 2.75) is 44.8 Å². The summed E-state index contributed by atoms with van der Waals surface area (Å²) in [6.07, 6.45) is 0. The summed E-state index contributed by atoms with van der Waals surface area (Å²) in [7, 11) is -1.24. The Kier molecular flexibility index (Phi) is 2.31. The molecule has 0 aliphatic carbocycles. The van der Waals surface area contributed by atoms with Gasteiger partial charge in [0.2, 0.25) is 0 Å². The fraction of sp³-hybridized carbons (Fsp3) is 0.889. The highest BCUT2D eigenvalue weighted by Gasteiger charge is 2.55. The van der Waals surface area contributed by atoms with Crippen molar-refractivity contribution in [2.24, 2.45) is 5.41 Å². The van der Waals surface area contributed by atoms with Crippen LogP contribution in [0.5, 0.6) is 0 Å². The zero-order chi connectivity index (χ0) is 10.4. The van der Waals surface area contributed by atoms with E-state index in [4.69, 9.17) is 4.74 Å². The van der Waals surface area contributed by atoms with Crippen LogP contribution in [0.25, 0.3) is 0 Å². The quantitative estimate of drug-likeness (QED) is 0.561. The van der Waals surface area contributed by atoms with Gasteiger partial charge in [0.05, 0.1) is 10.8 Å². The number of hydrogen-bond donors (Lipinski definition) is 0. The minimum atomic E-state index is -1.24. The first-order valence-corrected chi connectivity index (χ1v) is 5.55. The van der Waals surface area contributed by atoms with Crippen LogP contribution in [0.4, 0.5) is 0 Å². The standard InChI is InChI=1S/C9H16O3S/c1-6-7(10)12-9(5,13(6)11)8(2,3)4/h6H,1-5H3. The lowest BCUT2D eigenvalue weighted by molar-refractivity contribution is -0.152. The Bertz CT molecular complexity index is 267. The van der Waals surface area contributed by atoms with E-state index >= 15 is 0 Å². The van der Waals surface area contributed by atoms with Crippen molar-refractivity contribution in [3.63, 3.8) is 0 Å². The molecule has 0 radical (unpaired) electrons. The highest BCUT2D eigenvalue weighted by molar-refractivity contribution is 7.88. The van der Waals surface area contributed by atoms with E-state index in [1.807, 2.05) is 20.8 Å². The van der Waals surface area contributed by atoms with Gasteiger partial charge in [0.25, 0.3) is 0 Å². The van der Waals surface area contributed by atoms with Gasteiger partial charge in [-0.15, -0.1) is 0 Å². The number of ether oxygens (including phenoxy) is 1. The SMILES string of the molecule is CC1C(=O)OC(C)(C(C)(C)C)S1=O. The summed E-state index contributed by atoms with van der Waals surface area (Å²) < 4.78 is 17.0. The normalized spacial score (nSPS) is 40.5. The predicted octanol–water partition coefficient (Wildman–Crippen LogP) is 1.44. The summed E-state index contributed by atoms with van der Waals surface area (Å²) in [4.78, 5) is 10.4. The Morgan fingerprint density at radius 2 is 1.92 bits per heavy atom. The van der Waals surface area contributed by atoms with Gasteiger partial charge in [-0.3, -0.25) is 9.00 Å². The first-order chi connectivity index (χ1) is 5.70. The molecule has 4 heteroatoms. The van der Waals surface area contributed by atoms with Crippen LogP contribution in [0.3, 0.4) is 0 Å². The van der Waals surface area contributed by atoms with Crippen molar-refractivity contribution < 1.29 is 13.7 Å². The lowest BCUT2D eigenvalue weighted by Crippen LogP contribution is -2.43. The second-order valence-corrected chi connectivity index (χ2v) is 6.64. The monoisotopic (exact) mass is 204 g/mol. The number of carbonyl (C=O) groups is 1. The van der Waals surface area contributed by atoms with Gasteiger partial charge in [-0.05, 0) is 13.8 Å². The maximum Gasteiger partial charge on any atom is 0.323 e. The van der Waals surface area contributed by atoms with Crippen molar-refractivity contribution >= 4 is 16.8 Å².